The van der Waals surface area contributed by atoms with Crippen molar-refractivity contribution in [3.8, 4) is 39.1 Å². The molecule has 0 atom stereocenters. The number of hydrogen-bond acceptors (Lipinski definition) is 0. The summed E-state index contributed by atoms with van der Waals surface area (Å²) in [5, 5.41) is 1.34. The zero-order valence-electron chi connectivity index (χ0n) is 23.0. The highest BCUT2D eigenvalue weighted by Crippen LogP contribution is 2.50. The SMILES string of the molecule is CC1(C)c2cc(-c3ccccc3)ccc2-c2ccc(-c3ccc4c(c3)c3c(n4-c4ccccc4)CCC=C3)cc21. The first-order valence-corrected chi connectivity index (χ1v) is 14.3. The van der Waals surface area contributed by atoms with E-state index < -0.39 is 0 Å². The van der Waals surface area contributed by atoms with E-state index in [0.29, 0.717) is 0 Å². The molecule has 2 aliphatic carbocycles. The molecule has 0 saturated heterocycles. The molecule has 0 fully saturated rings. The summed E-state index contributed by atoms with van der Waals surface area (Å²) < 4.78 is 2.46. The van der Waals surface area contributed by atoms with Crippen molar-refractivity contribution in [1.29, 1.82) is 0 Å². The Hall–Kier alpha value is -4.62. The lowest BCUT2D eigenvalue weighted by atomic mass is 9.81. The summed E-state index contributed by atoms with van der Waals surface area (Å²) in [7, 11) is 0. The molecular weight excluding hydrogens is 482 g/mol. The maximum absolute atomic E-state index is 2.46. The normalized spacial score (nSPS) is 14.7. The van der Waals surface area contributed by atoms with E-state index in [4.69, 9.17) is 0 Å². The molecule has 6 aromatic rings. The number of aromatic nitrogens is 1. The largest absolute Gasteiger partial charge is 0.313 e. The molecule has 0 unspecified atom stereocenters. The van der Waals surface area contributed by atoms with Gasteiger partial charge in [-0.05, 0) is 93.7 Å². The van der Waals surface area contributed by atoms with Crippen LogP contribution < -0.4 is 0 Å². The Bertz CT molecular complexity index is 1950. The molecule has 1 heteroatoms. The predicted octanol–water partition coefficient (Wildman–Crippen LogP) is 10.2. The Balaban J connectivity index is 1.25. The number of fused-ring (bicyclic) bond motifs is 6. The van der Waals surface area contributed by atoms with Crippen LogP contribution in [0.5, 0.6) is 0 Å². The Morgan fingerprint density at radius 1 is 0.600 bits per heavy atom. The zero-order valence-corrected chi connectivity index (χ0v) is 23.0. The van der Waals surface area contributed by atoms with Crippen LogP contribution in [0, 0.1) is 0 Å². The number of hydrogen-bond donors (Lipinski definition) is 0. The van der Waals surface area contributed by atoms with E-state index in [0.717, 1.165) is 12.8 Å². The molecule has 0 spiro atoms. The average Bonchev–Trinajstić information content (AvgIpc) is 3.46. The molecule has 0 aliphatic heterocycles. The number of para-hydroxylation sites is 1. The second-order valence-electron chi connectivity index (χ2n) is 11.7. The maximum atomic E-state index is 2.46. The predicted molar refractivity (Wildman–Crippen MR) is 169 cm³/mol. The molecular formula is C39H31N. The van der Waals surface area contributed by atoms with Gasteiger partial charge in [0.1, 0.15) is 0 Å². The van der Waals surface area contributed by atoms with Crippen LogP contribution in [0.1, 0.15) is 42.7 Å². The van der Waals surface area contributed by atoms with Gasteiger partial charge in [0.05, 0.1) is 5.52 Å². The first kappa shape index (κ1) is 23.3. The maximum Gasteiger partial charge on any atom is 0.0538 e. The number of nitrogens with zero attached hydrogens (tertiary/aromatic N) is 1. The summed E-state index contributed by atoms with van der Waals surface area (Å²) in [6.45, 7) is 4.75. The Kier molecular flexibility index (Phi) is 5.06. The third kappa shape index (κ3) is 3.41. The lowest BCUT2D eigenvalue weighted by molar-refractivity contribution is 0.661. The first-order chi connectivity index (χ1) is 19.6. The van der Waals surface area contributed by atoms with Crippen LogP contribution >= 0.6 is 0 Å². The minimum atomic E-state index is -0.0614. The second kappa shape index (κ2) is 8.69. The summed E-state index contributed by atoms with van der Waals surface area (Å²) in [5.74, 6) is 0. The summed E-state index contributed by atoms with van der Waals surface area (Å²) in [4.78, 5) is 0. The Morgan fingerprint density at radius 3 is 1.90 bits per heavy atom. The zero-order chi connectivity index (χ0) is 26.8. The standard InChI is InChI=1S/C39H31N/c1-39(2)35-24-28(26-11-5-3-6-12-26)17-20-31(35)32-21-18-29(25-36(32)39)27-19-22-38-34(23-27)33-15-9-10-16-37(33)40(38)30-13-7-4-8-14-30/h3-9,11-15,17-25H,10,16H2,1-2H3. The van der Waals surface area contributed by atoms with Crippen LogP contribution in [0.4, 0.5) is 0 Å². The van der Waals surface area contributed by atoms with Gasteiger partial charge in [-0.15, -0.1) is 0 Å². The molecule has 0 N–H and O–H groups in total. The second-order valence-corrected chi connectivity index (χ2v) is 11.7. The van der Waals surface area contributed by atoms with E-state index in [9.17, 15) is 0 Å². The van der Waals surface area contributed by atoms with Crippen LogP contribution in [0.3, 0.4) is 0 Å². The van der Waals surface area contributed by atoms with E-state index in [1.165, 1.54) is 72.4 Å². The Morgan fingerprint density at radius 2 is 1.20 bits per heavy atom. The molecule has 1 heterocycles. The number of allylic oxidation sites excluding steroid dienone is 1. The molecule has 40 heavy (non-hydrogen) atoms. The van der Waals surface area contributed by atoms with Gasteiger partial charge in [0.2, 0.25) is 0 Å². The molecule has 0 saturated carbocycles. The molecule has 5 aromatic carbocycles. The average molecular weight is 514 g/mol. The van der Waals surface area contributed by atoms with Gasteiger partial charge < -0.3 is 4.57 Å². The highest BCUT2D eigenvalue weighted by molar-refractivity contribution is 5.96. The van der Waals surface area contributed by atoms with Crippen LogP contribution in [-0.4, -0.2) is 4.57 Å². The van der Waals surface area contributed by atoms with Crippen molar-refractivity contribution in [3.63, 3.8) is 0 Å². The van der Waals surface area contributed by atoms with Gasteiger partial charge in [-0.1, -0.05) is 105 Å². The van der Waals surface area contributed by atoms with E-state index in [1.54, 1.807) is 0 Å². The van der Waals surface area contributed by atoms with Crippen LogP contribution in [0.25, 0.3) is 56.0 Å². The van der Waals surface area contributed by atoms with Crippen molar-refractivity contribution in [2.75, 3.05) is 0 Å². The van der Waals surface area contributed by atoms with Crippen molar-refractivity contribution in [1.82, 2.24) is 4.57 Å². The van der Waals surface area contributed by atoms with Crippen LogP contribution in [0.15, 0.2) is 121 Å². The van der Waals surface area contributed by atoms with Gasteiger partial charge in [-0.3, -0.25) is 0 Å². The van der Waals surface area contributed by atoms with E-state index in [-0.39, 0.29) is 5.41 Å². The van der Waals surface area contributed by atoms with Gasteiger partial charge in [0.25, 0.3) is 0 Å². The van der Waals surface area contributed by atoms with Crippen molar-refractivity contribution in [3.05, 3.63) is 144 Å². The fraction of sp³-hybridized carbons (Fsp3) is 0.128. The molecule has 0 radical (unpaired) electrons. The third-order valence-electron chi connectivity index (χ3n) is 9.07. The quantitative estimate of drug-likeness (QED) is 0.222. The lowest BCUT2D eigenvalue weighted by Crippen LogP contribution is -2.15. The smallest absolute Gasteiger partial charge is 0.0538 e. The molecule has 1 nitrogen and oxygen atoms in total. The fourth-order valence-corrected chi connectivity index (χ4v) is 7.00. The number of benzene rings is 5. The van der Waals surface area contributed by atoms with Gasteiger partial charge in [0, 0.05) is 27.7 Å². The summed E-state index contributed by atoms with van der Waals surface area (Å²) in [6, 6.07) is 42.6. The van der Waals surface area contributed by atoms with Crippen molar-refractivity contribution < 1.29 is 0 Å². The van der Waals surface area contributed by atoms with Crippen molar-refractivity contribution >= 4 is 17.0 Å². The molecule has 2 aliphatic rings. The van der Waals surface area contributed by atoms with E-state index >= 15 is 0 Å². The highest BCUT2D eigenvalue weighted by Gasteiger charge is 2.36. The molecule has 8 rings (SSSR count). The minimum Gasteiger partial charge on any atom is -0.313 e. The monoisotopic (exact) mass is 513 g/mol. The van der Waals surface area contributed by atoms with Crippen molar-refractivity contribution in [2.24, 2.45) is 0 Å². The lowest BCUT2D eigenvalue weighted by Gasteiger charge is -2.22. The summed E-state index contributed by atoms with van der Waals surface area (Å²) in [6.07, 6.45) is 6.82. The molecule has 0 bridgehead atoms. The first-order valence-electron chi connectivity index (χ1n) is 14.3. The van der Waals surface area contributed by atoms with Gasteiger partial charge in [-0.25, -0.2) is 0 Å². The third-order valence-corrected chi connectivity index (χ3v) is 9.07. The molecule has 0 amide bonds. The van der Waals surface area contributed by atoms with Crippen LogP contribution in [0.2, 0.25) is 0 Å². The van der Waals surface area contributed by atoms with E-state index in [2.05, 4.69) is 146 Å². The number of rotatable bonds is 3. The van der Waals surface area contributed by atoms with Gasteiger partial charge in [0.15, 0.2) is 0 Å². The molecule has 1 aromatic heterocycles. The van der Waals surface area contributed by atoms with Crippen LogP contribution in [-0.2, 0) is 11.8 Å². The fourth-order valence-electron chi connectivity index (χ4n) is 7.00. The minimum absolute atomic E-state index is 0.0614. The van der Waals surface area contributed by atoms with Gasteiger partial charge >= 0.3 is 0 Å². The van der Waals surface area contributed by atoms with Gasteiger partial charge in [-0.2, -0.15) is 0 Å². The van der Waals surface area contributed by atoms with E-state index in [1.807, 2.05) is 0 Å². The topological polar surface area (TPSA) is 4.93 Å². The highest BCUT2D eigenvalue weighted by atomic mass is 15.0. The van der Waals surface area contributed by atoms with Crippen molar-refractivity contribution in [2.45, 2.75) is 32.1 Å². The summed E-state index contributed by atoms with van der Waals surface area (Å²) in [5.41, 5.74) is 15.9. The Labute approximate surface area is 236 Å². The molecule has 192 valence electrons. The summed E-state index contributed by atoms with van der Waals surface area (Å²) >= 11 is 0.